The van der Waals surface area contributed by atoms with Crippen molar-refractivity contribution in [3.8, 4) is 0 Å². The van der Waals surface area contributed by atoms with Crippen LogP contribution in [0.3, 0.4) is 0 Å². The van der Waals surface area contributed by atoms with Gasteiger partial charge in [-0.05, 0) is 25.0 Å². The lowest BCUT2D eigenvalue weighted by Crippen LogP contribution is -2.21. The van der Waals surface area contributed by atoms with Gasteiger partial charge in [0.2, 0.25) is 0 Å². The predicted molar refractivity (Wildman–Crippen MR) is 79.0 cm³/mol. The standard InChI is InChI=1S/C16H21NO2/c1-3-5-6-10-13-15(16(18)19)17(4-2)14-11-8-7-9-12-14/h4,7-9,11-13H,2-3,5-6,10H2,1H3,(H,18,19). The maximum absolute atomic E-state index is 11.4. The van der Waals surface area contributed by atoms with Crippen LogP contribution in [0.2, 0.25) is 0 Å². The maximum Gasteiger partial charge on any atom is 0.352 e. The maximum atomic E-state index is 11.4. The van der Waals surface area contributed by atoms with Crippen LogP contribution in [-0.4, -0.2) is 11.1 Å². The number of aliphatic carboxylic acids is 1. The van der Waals surface area contributed by atoms with E-state index < -0.39 is 5.97 Å². The summed E-state index contributed by atoms with van der Waals surface area (Å²) in [6.45, 7) is 5.83. The highest BCUT2D eigenvalue weighted by molar-refractivity contribution is 5.91. The average Bonchev–Trinajstić information content (AvgIpc) is 2.43. The van der Waals surface area contributed by atoms with Crippen LogP contribution in [0.25, 0.3) is 0 Å². The van der Waals surface area contributed by atoms with Crippen molar-refractivity contribution in [2.45, 2.75) is 32.6 Å². The molecule has 0 radical (unpaired) electrons. The number of unbranched alkanes of at least 4 members (excludes halogenated alkanes) is 3. The van der Waals surface area contributed by atoms with E-state index in [1.54, 1.807) is 11.0 Å². The van der Waals surface area contributed by atoms with Crippen molar-refractivity contribution >= 4 is 11.7 Å². The molecule has 1 aromatic carbocycles. The van der Waals surface area contributed by atoms with Crippen molar-refractivity contribution in [1.29, 1.82) is 0 Å². The number of para-hydroxylation sites is 1. The van der Waals surface area contributed by atoms with Crippen molar-refractivity contribution in [3.63, 3.8) is 0 Å². The van der Waals surface area contributed by atoms with E-state index in [0.29, 0.717) is 0 Å². The molecule has 1 rings (SSSR count). The van der Waals surface area contributed by atoms with Gasteiger partial charge in [0.1, 0.15) is 5.70 Å². The molecule has 0 unspecified atom stereocenters. The Labute approximate surface area is 114 Å². The highest BCUT2D eigenvalue weighted by Gasteiger charge is 2.15. The topological polar surface area (TPSA) is 40.5 Å². The molecule has 0 fully saturated rings. The zero-order valence-electron chi connectivity index (χ0n) is 11.4. The van der Waals surface area contributed by atoms with Gasteiger partial charge in [-0.25, -0.2) is 4.79 Å². The van der Waals surface area contributed by atoms with Crippen molar-refractivity contribution in [1.82, 2.24) is 0 Å². The van der Waals surface area contributed by atoms with Crippen LogP contribution in [-0.2, 0) is 4.79 Å². The molecule has 3 heteroatoms. The number of carbonyl (C=O) groups is 1. The molecule has 0 aromatic heterocycles. The first kappa shape index (κ1) is 15.0. The minimum atomic E-state index is -0.930. The van der Waals surface area contributed by atoms with E-state index in [4.69, 9.17) is 0 Å². The number of benzene rings is 1. The Kier molecular flexibility index (Phi) is 6.44. The summed E-state index contributed by atoms with van der Waals surface area (Å²) in [7, 11) is 0. The average molecular weight is 259 g/mol. The molecule has 0 bridgehead atoms. The van der Waals surface area contributed by atoms with Crippen molar-refractivity contribution < 1.29 is 9.90 Å². The largest absolute Gasteiger partial charge is 0.477 e. The molecule has 0 aliphatic carbocycles. The third-order valence-electron chi connectivity index (χ3n) is 2.84. The van der Waals surface area contributed by atoms with Gasteiger partial charge in [-0.3, -0.25) is 0 Å². The van der Waals surface area contributed by atoms with Crippen molar-refractivity contribution in [3.05, 3.63) is 54.9 Å². The summed E-state index contributed by atoms with van der Waals surface area (Å²) in [6.07, 6.45) is 7.32. The zero-order valence-corrected chi connectivity index (χ0v) is 11.4. The second-order valence-corrected chi connectivity index (χ2v) is 4.28. The summed E-state index contributed by atoms with van der Waals surface area (Å²) >= 11 is 0. The first-order valence-electron chi connectivity index (χ1n) is 6.61. The molecular formula is C16H21NO2. The number of hydrogen-bond acceptors (Lipinski definition) is 2. The van der Waals surface area contributed by atoms with Crippen LogP contribution in [0, 0.1) is 0 Å². The number of rotatable bonds is 8. The fraction of sp³-hybridized carbons (Fsp3) is 0.312. The molecule has 3 nitrogen and oxygen atoms in total. The van der Waals surface area contributed by atoms with E-state index >= 15 is 0 Å². The molecule has 102 valence electrons. The Morgan fingerprint density at radius 3 is 2.53 bits per heavy atom. The highest BCUT2D eigenvalue weighted by Crippen LogP contribution is 2.20. The van der Waals surface area contributed by atoms with Crippen LogP contribution < -0.4 is 4.90 Å². The quantitative estimate of drug-likeness (QED) is 0.562. The van der Waals surface area contributed by atoms with E-state index in [0.717, 1.165) is 31.4 Å². The van der Waals surface area contributed by atoms with Crippen LogP contribution in [0.1, 0.15) is 32.6 Å². The Morgan fingerprint density at radius 1 is 1.32 bits per heavy atom. The first-order chi connectivity index (χ1) is 9.20. The summed E-state index contributed by atoms with van der Waals surface area (Å²) in [5.41, 5.74) is 1.07. The second-order valence-electron chi connectivity index (χ2n) is 4.28. The SMILES string of the molecule is C=CN(C(=CCCCCC)C(=O)O)c1ccccc1. The van der Waals surface area contributed by atoms with Gasteiger partial charge >= 0.3 is 5.97 Å². The van der Waals surface area contributed by atoms with E-state index in [-0.39, 0.29) is 5.70 Å². The van der Waals surface area contributed by atoms with E-state index in [2.05, 4.69) is 13.5 Å². The fourth-order valence-electron chi connectivity index (χ4n) is 1.85. The normalized spacial score (nSPS) is 11.1. The molecule has 0 amide bonds. The van der Waals surface area contributed by atoms with Gasteiger partial charge in [-0.15, -0.1) is 0 Å². The summed E-state index contributed by atoms with van der Waals surface area (Å²) in [5, 5.41) is 9.33. The van der Waals surface area contributed by atoms with Gasteiger partial charge < -0.3 is 10.0 Å². The summed E-state index contributed by atoms with van der Waals surface area (Å²) < 4.78 is 0. The Balaban J connectivity index is 2.90. The molecule has 0 aliphatic heterocycles. The summed E-state index contributed by atoms with van der Waals surface area (Å²) in [4.78, 5) is 13.0. The number of allylic oxidation sites excluding steroid dienone is 1. The highest BCUT2D eigenvalue weighted by atomic mass is 16.4. The van der Waals surface area contributed by atoms with E-state index in [9.17, 15) is 9.90 Å². The number of carboxylic acids is 1. The molecule has 0 heterocycles. The summed E-state index contributed by atoms with van der Waals surface area (Å²) in [6, 6.07) is 9.38. The smallest absolute Gasteiger partial charge is 0.352 e. The summed E-state index contributed by atoms with van der Waals surface area (Å²) in [5.74, 6) is -0.930. The van der Waals surface area contributed by atoms with Gasteiger partial charge in [0.05, 0.1) is 0 Å². The second kappa shape index (κ2) is 8.14. The van der Waals surface area contributed by atoms with Gasteiger partial charge in [0, 0.05) is 11.9 Å². The molecule has 1 N–H and O–H groups in total. The lowest BCUT2D eigenvalue weighted by molar-refractivity contribution is -0.132. The predicted octanol–water partition coefficient (Wildman–Crippen LogP) is 4.19. The Hall–Kier alpha value is -2.03. The van der Waals surface area contributed by atoms with E-state index in [1.165, 1.54) is 6.20 Å². The van der Waals surface area contributed by atoms with Crippen LogP contribution in [0.5, 0.6) is 0 Å². The van der Waals surface area contributed by atoms with Crippen LogP contribution >= 0.6 is 0 Å². The molecular weight excluding hydrogens is 238 g/mol. The molecule has 0 spiro atoms. The first-order valence-corrected chi connectivity index (χ1v) is 6.61. The van der Waals surface area contributed by atoms with Gasteiger partial charge in [-0.2, -0.15) is 0 Å². The molecule has 0 saturated carbocycles. The Morgan fingerprint density at radius 2 is 2.00 bits per heavy atom. The van der Waals surface area contributed by atoms with Gasteiger partial charge in [-0.1, -0.05) is 50.6 Å². The minimum Gasteiger partial charge on any atom is -0.477 e. The minimum absolute atomic E-state index is 0.261. The third-order valence-corrected chi connectivity index (χ3v) is 2.84. The number of anilines is 1. The van der Waals surface area contributed by atoms with Gasteiger partial charge in [0.15, 0.2) is 0 Å². The molecule has 0 atom stereocenters. The third kappa shape index (κ3) is 4.62. The Bertz CT molecular complexity index is 437. The lowest BCUT2D eigenvalue weighted by Gasteiger charge is -2.20. The lowest BCUT2D eigenvalue weighted by atomic mass is 10.1. The molecule has 19 heavy (non-hydrogen) atoms. The number of hydrogen-bond donors (Lipinski definition) is 1. The van der Waals surface area contributed by atoms with Crippen molar-refractivity contribution in [2.75, 3.05) is 4.90 Å². The van der Waals surface area contributed by atoms with Gasteiger partial charge in [0.25, 0.3) is 0 Å². The fourth-order valence-corrected chi connectivity index (χ4v) is 1.85. The monoisotopic (exact) mass is 259 g/mol. The zero-order chi connectivity index (χ0) is 14.1. The van der Waals surface area contributed by atoms with Crippen LogP contribution in [0.15, 0.2) is 54.9 Å². The number of carboxylic acid groups (broad SMARTS) is 1. The molecule has 0 saturated heterocycles. The van der Waals surface area contributed by atoms with Crippen LogP contribution in [0.4, 0.5) is 5.69 Å². The molecule has 1 aromatic rings. The molecule has 0 aliphatic rings. The van der Waals surface area contributed by atoms with E-state index in [1.807, 2.05) is 30.3 Å². The number of nitrogens with zero attached hydrogens (tertiary/aromatic N) is 1. The van der Waals surface area contributed by atoms with Crippen molar-refractivity contribution in [2.24, 2.45) is 0 Å².